The Kier molecular flexibility index (Phi) is 12.2. The van der Waals surface area contributed by atoms with Crippen molar-refractivity contribution in [2.24, 2.45) is 16.2 Å². The van der Waals surface area contributed by atoms with Crippen LogP contribution in [0.25, 0.3) is 0 Å². The number of carbonyl (C=O) groups excluding carboxylic acids is 1. The van der Waals surface area contributed by atoms with Gasteiger partial charge in [-0.3, -0.25) is 4.79 Å². The largest absolute Gasteiger partial charge is 0.465 e. The van der Waals surface area contributed by atoms with Crippen LogP contribution < -0.4 is 15.8 Å². The summed E-state index contributed by atoms with van der Waals surface area (Å²) in [7, 11) is -8.42. The van der Waals surface area contributed by atoms with Crippen molar-refractivity contribution in [3.05, 3.63) is 65.7 Å². The molecule has 2 aromatic carbocycles. The minimum absolute atomic E-state index is 0.00761. The minimum atomic E-state index is -4.28. The molecular formula is C25H35N5O9S2. The topological polar surface area (TPSA) is 229 Å². The number of carboxylic acid groups (broad SMARTS) is 1. The van der Waals surface area contributed by atoms with E-state index in [1.54, 1.807) is 49.5 Å². The van der Waals surface area contributed by atoms with Gasteiger partial charge in [0.15, 0.2) is 0 Å². The first-order valence-electron chi connectivity index (χ1n) is 12.4. The normalized spacial score (nSPS) is 14.6. The molecule has 16 heteroatoms. The van der Waals surface area contributed by atoms with Crippen molar-refractivity contribution < 1.29 is 41.8 Å². The maximum Gasteiger partial charge on any atom is 0.405 e. The zero-order chi connectivity index (χ0) is 30.8. The van der Waals surface area contributed by atoms with Gasteiger partial charge in [0, 0.05) is 13.1 Å². The standard InChI is InChI=1S/C25H35N5O9S2/c1-17(2)14-30(41(38,39)20-10-8-19(9-11-20)13-27-35)15-23(31)21(12-18-6-4-3-5-7-18)28-24(32)22(29-25(33)34)16-40(26,36)37/h3-11,13,17,21-23,29,31,35H,12,14-16H2,1-2H3,(H,28,32)(H,33,34)(H2,26,36,37)/t21-,22-,23+/m0/s1. The van der Waals surface area contributed by atoms with Crippen LogP contribution in [-0.2, 0) is 31.3 Å². The van der Waals surface area contributed by atoms with Gasteiger partial charge in [-0.15, -0.1) is 0 Å². The van der Waals surface area contributed by atoms with Crippen LogP contribution in [0.5, 0.6) is 0 Å². The monoisotopic (exact) mass is 613 g/mol. The molecule has 0 unspecified atom stereocenters. The Morgan fingerprint density at radius 1 is 1.00 bits per heavy atom. The number of benzene rings is 2. The summed E-state index contributed by atoms with van der Waals surface area (Å²) in [6, 6.07) is 11.2. The molecule has 2 aromatic rings. The number of amides is 2. The summed E-state index contributed by atoms with van der Waals surface area (Å²) in [6.07, 6.45) is -2.04. The Morgan fingerprint density at radius 3 is 2.12 bits per heavy atom. The summed E-state index contributed by atoms with van der Waals surface area (Å²) < 4.78 is 51.4. The third-order valence-corrected chi connectivity index (χ3v) is 8.43. The number of sulfonamides is 2. The Hall–Kier alpha value is -3.57. The second-order valence-electron chi connectivity index (χ2n) is 9.73. The van der Waals surface area contributed by atoms with E-state index in [-0.39, 0.29) is 23.8 Å². The lowest BCUT2D eigenvalue weighted by molar-refractivity contribution is -0.124. The van der Waals surface area contributed by atoms with Crippen LogP contribution in [0.2, 0.25) is 0 Å². The van der Waals surface area contributed by atoms with E-state index >= 15 is 0 Å². The fraction of sp³-hybridized carbons (Fsp3) is 0.400. The Morgan fingerprint density at radius 2 is 1.61 bits per heavy atom. The van der Waals surface area contributed by atoms with Gasteiger partial charge in [0.05, 0.1) is 29.0 Å². The third-order valence-electron chi connectivity index (χ3n) is 5.79. The molecule has 226 valence electrons. The van der Waals surface area contributed by atoms with Gasteiger partial charge in [-0.1, -0.05) is 61.5 Å². The van der Waals surface area contributed by atoms with Gasteiger partial charge in [0.25, 0.3) is 0 Å². The predicted octanol–water partition coefficient (Wildman–Crippen LogP) is 0.155. The zero-order valence-electron chi connectivity index (χ0n) is 22.5. The van der Waals surface area contributed by atoms with Crippen LogP contribution in [0, 0.1) is 5.92 Å². The highest BCUT2D eigenvalue weighted by molar-refractivity contribution is 7.89. The maximum absolute atomic E-state index is 13.6. The number of hydrogen-bond acceptors (Lipinski definition) is 9. The van der Waals surface area contributed by atoms with Gasteiger partial charge in [0.2, 0.25) is 26.0 Å². The lowest BCUT2D eigenvalue weighted by Crippen LogP contribution is -2.57. The maximum atomic E-state index is 13.6. The van der Waals surface area contributed by atoms with Gasteiger partial charge >= 0.3 is 6.09 Å². The highest BCUT2D eigenvalue weighted by atomic mass is 32.2. The SMILES string of the molecule is CC(C)CN(C[C@@H](O)[C@H](Cc1ccccc1)NC(=O)[C@H](CS(N)(=O)=O)NC(=O)O)S(=O)(=O)c1ccc(C=NO)cc1. The fourth-order valence-electron chi connectivity index (χ4n) is 3.95. The number of rotatable bonds is 15. The van der Waals surface area contributed by atoms with Crippen molar-refractivity contribution in [3.63, 3.8) is 0 Å². The number of hydrogen-bond donors (Lipinski definition) is 6. The van der Waals surface area contributed by atoms with Crippen molar-refractivity contribution in [1.82, 2.24) is 14.9 Å². The molecule has 3 atom stereocenters. The zero-order valence-corrected chi connectivity index (χ0v) is 24.1. The summed E-state index contributed by atoms with van der Waals surface area (Å²) >= 11 is 0. The number of aliphatic hydroxyl groups is 1. The van der Waals surface area contributed by atoms with Gasteiger partial charge in [-0.2, -0.15) is 4.31 Å². The van der Waals surface area contributed by atoms with Crippen LogP contribution in [0.1, 0.15) is 25.0 Å². The number of primary sulfonamides is 1. The minimum Gasteiger partial charge on any atom is -0.465 e. The van der Waals surface area contributed by atoms with Crippen molar-refractivity contribution >= 4 is 38.3 Å². The van der Waals surface area contributed by atoms with Crippen LogP contribution >= 0.6 is 0 Å². The summed E-state index contributed by atoms with van der Waals surface area (Å²) in [6.45, 7) is 3.13. The Balaban J connectivity index is 2.41. The van der Waals surface area contributed by atoms with Crippen LogP contribution in [0.15, 0.2) is 64.6 Å². The molecule has 0 spiro atoms. The highest BCUT2D eigenvalue weighted by Crippen LogP contribution is 2.20. The molecule has 0 aliphatic rings. The number of nitrogens with one attached hydrogen (secondary N) is 2. The van der Waals surface area contributed by atoms with E-state index in [0.717, 1.165) is 10.5 Å². The average molecular weight is 614 g/mol. The molecule has 0 saturated heterocycles. The van der Waals surface area contributed by atoms with E-state index in [1.165, 1.54) is 24.3 Å². The lowest BCUT2D eigenvalue weighted by Gasteiger charge is -2.31. The summed E-state index contributed by atoms with van der Waals surface area (Å²) in [5.74, 6) is -2.26. The van der Waals surface area contributed by atoms with E-state index < -0.39 is 62.5 Å². The fourth-order valence-corrected chi connectivity index (χ4v) is 6.28. The molecule has 0 aromatic heterocycles. The van der Waals surface area contributed by atoms with Crippen molar-refractivity contribution in [1.29, 1.82) is 0 Å². The van der Waals surface area contributed by atoms with Crippen molar-refractivity contribution in [2.45, 2.75) is 43.4 Å². The molecule has 0 aliphatic heterocycles. The van der Waals surface area contributed by atoms with Gasteiger partial charge in [-0.05, 0) is 35.6 Å². The molecule has 2 amide bonds. The quantitative estimate of drug-likeness (QED) is 0.0911. The average Bonchev–Trinajstić information content (AvgIpc) is 2.87. The molecule has 14 nitrogen and oxygen atoms in total. The number of aliphatic hydroxyl groups excluding tert-OH is 1. The summed E-state index contributed by atoms with van der Waals surface area (Å²) in [4.78, 5) is 24.1. The molecule has 0 heterocycles. The molecular weight excluding hydrogens is 578 g/mol. The molecule has 0 fully saturated rings. The first-order chi connectivity index (χ1) is 19.1. The second-order valence-corrected chi connectivity index (χ2v) is 13.3. The van der Waals surface area contributed by atoms with E-state index in [2.05, 4.69) is 10.5 Å². The summed E-state index contributed by atoms with van der Waals surface area (Å²) in [5.41, 5.74) is 1.11. The lowest BCUT2D eigenvalue weighted by atomic mass is 10.0. The molecule has 0 radical (unpaired) electrons. The number of nitrogens with two attached hydrogens (primary N) is 1. The van der Waals surface area contributed by atoms with Crippen LogP contribution in [0.3, 0.4) is 0 Å². The number of oxime groups is 1. The van der Waals surface area contributed by atoms with Crippen molar-refractivity contribution in [2.75, 3.05) is 18.8 Å². The third kappa shape index (κ3) is 11.1. The first-order valence-corrected chi connectivity index (χ1v) is 15.6. The molecule has 0 saturated carbocycles. The van der Waals surface area contributed by atoms with E-state index in [0.29, 0.717) is 11.1 Å². The highest BCUT2D eigenvalue weighted by Gasteiger charge is 2.33. The summed E-state index contributed by atoms with van der Waals surface area (Å²) in [5, 5.41) is 41.3. The smallest absolute Gasteiger partial charge is 0.405 e. The van der Waals surface area contributed by atoms with Gasteiger partial charge in [0.1, 0.15) is 6.04 Å². The van der Waals surface area contributed by atoms with Gasteiger partial charge < -0.3 is 26.1 Å². The number of carbonyl (C=O) groups is 2. The molecule has 7 N–H and O–H groups in total. The van der Waals surface area contributed by atoms with Crippen LogP contribution in [-0.4, -0.2) is 91.8 Å². The first kappa shape index (κ1) is 33.6. The van der Waals surface area contributed by atoms with E-state index in [1.807, 2.05) is 0 Å². The molecule has 0 bridgehead atoms. The molecule has 2 rings (SSSR count). The Bertz CT molecular complexity index is 1400. The van der Waals surface area contributed by atoms with E-state index in [4.69, 9.17) is 15.5 Å². The van der Waals surface area contributed by atoms with Crippen molar-refractivity contribution in [3.8, 4) is 0 Å². The number of nitrogens with zero attached hydrogens (tertiary/aromatic N) is 2. The van der Waals surface area contributed by atoms with Gasteiger partial charge in [-0.25, -0.2) is 26.8 Å². The second kappa shape index (κ2) is 14.9. The molecule has 0 aliphatic carbocycles. The van der Waals surface area contributed by atoms with Crippen LogP contribution in [0.4, 0.5) is 4.79 Å². The van der Waals surface area contributed by atoms with E-state index in [9.17, 15) is 31.5 Å². The predicted molar refractivity (Wildman–Crippen MR) is 150 cm³/mol. The molecule has 41 heavy (non-hydrogen) atoms. The Labute approximate surface area is 239 Å².